The highest BCUT2D eigenvalue weighted by Crippen LogP contribution is 2.29. The zero-order valence-electron chi connectivity index (χ0n) is 14.5. The molecular weight excluding hydrogens is 334 g/mol. The van der Waals surface area contributed by atoms with Gasteiger partial charge in [-0.15, -0.1) is 0 Å². The maximum atomic E-state index is 12.5. The smallest absolute Gasteiger partial charge is 0.257 e. The molecule has 0 aliphatic rings. The highest BCUT2D eigenvalue weighted by molar-refractivity contribution is 6.05. The standard InChI is InChI=1S/C19H19N3O4/c1-24-14-6-7-17(25-2)16(10-14)22-19(23)13-5-8-18(20-11-13)21-12-15-4-3-9-26-15/h3-11H,12H2,1-2H3,(H,20,21)(H,22,23). The Kier molecular flexibility index (Phi) is 5.38. The van der Waals surface area contributed by atoms with Gasteiger partial charge in [0.15, 0.2) is 0 Å². The third kappa shape index (κ3) is 4.13. The van der Waals surface area contributed by atoms with Crippen LogP contribution in [0.1, 0.15) is 16.1 Å². The van der Waals surface area contributed by atoms with Crippen molar-refractivity contribution in [3.63, 3.8) is 0 Å². The van der Waals surface area contributed by atoms with E-state index in [2.05, 4.69) is 15.6 Å². The lowest BCUT2D eigenvalue weighted by Crippen LogP contribution is -2.13. The molecule has 0 bridgehead atoms. The largest absolute Gasteiger partial charge is 0.497 e. The van der Waals surface area contributed by atoms with Gasteiger partial charge in [0, 0.05) is 12.3 Å². The summed E-state index contributed by atoms with van der Waals surface area (Å²) >= 11 is 0. The zero-order chi connectivity index (χ0) is 18.4. The quantitative estimate of drug-likeness (QED) is 0.675. The maximum Gasteiger partial charge on any atom is 0.257 e. The first kappa shape index (κ1) is 17.3. The lowest BCUT2D eigenvalue weighted by atomic mass is 10.2. The first-order valence-corrected chi connectivity index (χ1v) is 7.95. The zero-order valence-corrected chi connectivity index (χ0v) is 14.5. The third-order valence-electron chi connectivity index (χ3n) is 3.70. The van der Waals surface area contributed by atoms with Crippen LogP contribution in [0.4, 0.5) is 11.5 Å². The number of hydrogen-bond acceptors (Lipinski definition) is 6. The number of methoxy groups -OCH3 is 2. The van der Waals surface area contributed by atoms with Crippen LogP contribution < -0.4 is 20.1 Å². The minimum atomic E-state index is -0.290. The average molecular weight is 353 g/mol. The number of rotatable bonds is 7. The average Bonchev–Trinajstić information content (AvgIpc) is 3.20. The molecule has 0 unspecified atom stereocenters. The van der Waals surface area contributed by atoms with Gasteiger partial charge in [0.05, 0.1) is 38.3 Å². The molecule has 2 heterocycles. The highest BCUT2D eigenvalue weighted by Gasteiger charge is 2.11. The van der Waals surface area contributed by atoms with Crippen molar-refractivity contribution in [3.05, 3.63) is 66.2 Å². The number of aromatic nitrogens is 1. The van der Waals surface area contributed by atoms with Crippen LogP contribution in [-0.2, 0) is 6.54 Å². The number of nitrogens with zero attached hydrogens (tertiary/aromatic N) is 1. The molecule has 7 nitrogen and oxygen atoms in total. The molecule has 0 fully saturated rings. The van der Waals surface area contributed by atoms with Crippen molar-refractivity contribution in [2.75, 3.05) is 24.9 Å². The number of furan rings is 1. The van der Waals surface area contributed by atoms with E-state index in [1.165, 1.54) is 6.20 Å². The van der Waals surface area contributed by atoms with Crippen molar-refractivity contribution < 1.29 is 18.7 Å². The molecule has 0 aliphatic heterocycles. The Bertz CT molecular complexity index is 861. The number of hydrogen-bond donors (Lipinski definition) is 2. The van der Waals surface area contributed by atoms with Crippen molar-refractivity contribution in [2.24, 2.45) is 0 Å². The summed E-state index contributed by atoms with van der Waals surface area (Å²) in [5.41, 5.74) is 0.954. The molecule has 0 saturated carbocycles. The number of amides is 1. The topological polar surface area (TPSA) is 85.6 Å². The molecule has 0 saturated heterocycles. The minimum absolute atomic E-state index is 0.290. The van der Waals surface area contributed by atoms with Crippen LogP contribution in [0.2, 0.25) is 0 Å². The van der Waals surface area contributed by atoms with Crippen LogP contribution in [0.15, 0.2) is 59.3 Å². The Morgan fingerprint density at radius 3 is 2.69 bits per heavy atom. The van der Waals surface area contributed by atoms with E-state index in [1.54, 1.807) is 50.8 Å². The summed E-state index contributed by atoms with van der Waals surface area (Å²) in [5.74, 6) is 2.33. The molecule has 7 heteroatoms. The monoisotopic (exact) mass is 353 g/mol. The van der Waals surface area contributed by atoms with Crippen molar-refractivity contribution in [2.45, 2.75) is 6.54 Å². The highest BCUT2D eigenvalue weighted by atomic mass is 16.5. The van der Waals surface area contributed by atoms with Gasteiger partial charge in [-0.1, -0.05) is 0 Å². The minimum Gasteiger partial charge on any atom is -0.497 e. The van der Waals surface area contributed by atoms with E-state index in [9.17, 15) is 4.79 Å². The first-order valence-electron chi connectivity index (χ1n) is 7.95. The van der Waals surface area contributed by atoms with Gasteiger partial charge >= 0.3 is 0 Å². The number of anilines is 2. The van der Waals surface area contributed by atoms with Crippen molar-refractivity contribution in [1.29, 1.82) is 0 Å². The Balaban J connectivity index is 1.66. The van der Waals surface area contributed by atoms with Gasteiger partial charge in [-0.05, 0) is 36.4 Å². The summed E-state index contributed by atoms with van der Waals surface area (Å²) in [4.78, 5) is 16.7. The molecule has 2 N–H and O–H groups in total. The Morgan fingerprint density at radius 2 is 2.04 bits per heavy atom. The summed E-state index contributed by atoms with van der Waals surface area (Å²) in [6, 6.07) is 12.3. The number of carbonyl (C=O) groups excluding carboxylic acids is 1. The number of benzene rings is 1. The SMILES string of the molecule is COc1ccc(OC)c(NC(=O)c2ccc(NCc3ccco3)nc2)c1. The van der Waals surface area contributed by atoms with Crippen LogP contribution in [0, 0.1) is 0 Å². The summed E-state index contributed by atoms with van der Waals surface area (Å²) in [6.07, 6.45) is 3.12. The Morgan fingerprint density at radius 1 is 1.15 bits per heavy atom. The fraction of sp³-hybridized carbons (Fsp3) is 0.158. The van der Waals surface area contributed by atoms with Crippen LogP contribution in [0.3, 0.4) is 0 Å². The molecule has 26 heavy (non-hydrogen) atoms. The molecule has 3 aromatic rings. The fourth-order valence-corrected chi connectivity index (χ4v) is 2.33. The van der Waals surface area contributed by atoms with E-state index in [0.717, 1.165) is 5.76 Å². The van der Waals surface area contributed by atoms with Gasteiger partial charge in [0.25, 0.3) is 5.91 Å². The van der Waals surface area contributed by atoms with Crippen LogP contribution >= 0.6 is 0 Å². The van der Waals surface area contributed by atoms with Gasteiger partial charge in [0.1, 0.15) is 23.1 Å². The van der Waals surface area contributed by atoms with E-state index in [1.807, 2.05) is 12.1 Å². The predicted molar refractivity (Wildman–Crippen MR) is 97.8 cm³/mol. The molecule has 0 atom stereocenters. The summed E-state index contributed by atoms with van der Waals surface area (Å²) < 4.78 is 15.7. The predicted octanol–water partition coefficient (Wildman–Crippen LogP) is 3.56. The summed E-state index contributed by atoms with van der Waals surface area (Å²) in [6.45, 7) is 0.520. The normalized spacial score (nSPS) is 10.2. The van der Waals surface area contributed by atoms with E-state index in [4.69, 9.17) is 13.9 Å². The fourth-order valence-electron chi connectivity index (χ4n) is 2.33. The summed E-state index contributed by atoms with van der Waals surface area (Å²) in [7, 11) is 3.10. The van der Waals surface area contributed by atoms with Gasteiger partial charge < -0.3 is 24.5 Å². The summed E-state index contributed by atoms with van der Waals surface area (Å²) in [5, 5.41) is 5.93. The molecule has 1 amide bonds. The Hall–Kier alpha value is -3.48. The molecule has 2 aromatic heterocycles. The van der Waals surface area contributed by atoms with Gasteiger partial charge in [-0.3, -0.25) is 4.79 Å². The van der Waals surface area contributed by atoms with Gasteiger partial charge in [0.2, 0.25) is 0 Å². The molecule has 3 rings (SSSR count). The molecular formula is C19H19N3O4. The second-order valence-corrected chi connectivity index (χ2v) is 5.39. The molecule has 1 aromatic carbocycles. The first-order chi connectivity index (χ1) is 12.7. The van der Waals surface area contributed by atoms with Crippen LogP contribution in [0.5, 0.6) is 11.5 Å². The van der Waals surface area contributed by atoms with E-state index < -0.39 is 0 Å². The third-order valence-corrected chi connectivity index (χ3v) is 3.70. The van der Waals surface area contributed by atoms with Crippen molar-refractivity contribution in [1.82, 2.24) is 4.98 Å². The molecule has 0 aliphatic carbocycles. The van der Waals surface area contributed by atoms with Gasteiger partial charge in [-0.25, -0.2) is 4.98 Å². The number of pyridine rings is 1. The maximum absolute atomic E-state index is 12.5. The number of nitrogens with one attached hydrogen (secondary N) is 2. The lowest BCUT2D eigenvalue weighted by Gasteiger charge is -2.12. The second-order valence-electron chi connectivity index (χ2n) is 5.39. The molecule has 0 spiro atoms. The number of carbonyl (C=O) groups is 1. The van der Waals surface area contributed by atoms with Gasteiger partial charge in [-0.2, -0.15) is 0 Å². The van der Waals surface area contributed by atoms with Crippen molar-refractivity contribution in [3.8, 4) is 11.5 Å². The Labute approximate surface area is 151 Å². The molecule has 0 radical (unpaired) electrons. The van der Waals surface area contributed by atoms with E-state index >= 15 is 0 Å². The van der Waals surface area contributed by atoms with E-state index in [-0.39, 0.29) is 5.91 Å². The van der Waals surface area contributed by atoms with Crippen LogP contribution in [-0.4, -0.2) is 25.1 Å². The van der Waals surface area contributed by atoms with Crippen molar-refractivity contribution >= 4 is 17.4 Å². The second kappa shape index (κ2) is 8.06. The molecule has 134 valence electrons. The van der Waals surface area contributed by atoms with Crippen LogP contribution in [0.25, 0.3) is 0 Å². The lowest BCUT2D eigenvalue weighted by molar-refractivity contribution is 0.102. The number of ether oxygens (including phenoxy) is 2. The van der Waals surface area contributed by atoms with E-state index in [0.29, 0.717) is 35.1 Å².